The van der Waals surface area contributed by atoms with Gasteiger partial charge in [-0.15, -0.1) is 11.3 Å². The Labute approximate surface area is 146 Å². The molecule has 1 aliphatic carbocycles. The second-order valence-corrected chi connectivity index (χ2v) is 7.49. The number of nitrogens with two attached hydrogens (primary N) is 1. The fourth-order valence-electron chi connectivity index (χ4n) is 3.15. The fraction of sp³-hybridized carbons (Fsp3) is 0.368. The largest absolute Gasteiger partial charge is 0.365 e. The first kappa shape index (κ1) is 16.7. The number of nitrogens with one attached hydrogen (secondary N) is 1. The molecule has 1 aliphatic rings. The molecular formula is C19H22N2O2S. The number of carbonyl (C=O) groups is 2. The van der Waals surface area contributed by atoms with E-state index in [2.05, 4.69) is 5.32 Å². The van der Waals surface area contributed by atoms with Gasteiger partial charge in [0, 0.05) is 10.4 Å². The van der Waals surface area contributed by atoms with E-state index in [0.717, 1.165) is 42.4 Å². The van der Waals surface area contributed by atoms with E-state index in [-0.39, 0.29) is 5.91 Å². The van der Waals surface area contributed by atoms with Crippen LogP contribution in [0.3, 0.4) is 0 Å². The molecule has 3 rings (SSSR count). The van der Waals surface area contributed by atoms with Crippen molar-refractivity contribution in [3.8, 4) is 0 Å². The summed E-state index contributed by atoms with van der Waals surface area (Å²) in [5.41, 5.74) is 9.97. The van der Waals surface area contributed by atoms with E-state index in [9.17, 15) is 9.59 Å². The van der Waals surface area contributed by atoms with Gasteiger partial charge >= 0.3 is 0 Å². The van der Waals surface area contributed by atoms with E-state index >= 15 is 0 Å². The van der Waals surface area contributed by atoms with Crippen LogP contribution in [-0.2, 0) is 12.8 Å². The average molecular weight is 342 g/mol. The predicted molar refractivity (Wildman–Crippen MR) is 98.0 cm³/mol. The average Bonchev–Trinajstić information content (AvgIpc) is 2.71. The highest BCUT2D eigenvalue weighted by Crippen LogP contribution is 2.37. The number of hydrogen-bond donors (Lipinski definition) is 2. The Balaban J connectivity index is 1.93. The van der Waals surface area contributed by atoms with E-state index in [1.54, 1.807) is 6.07 Å². The lowest BCUT2D eigenvalue weighted by Crippen LogP contribution is -2.18. The highest BCUT2D eigenvalue weighted by Gasteiger charge is 2.24. The summed E-state index contributed by atoms with van der Waals surface area (Å²) in [6.07, 6.45) is 5.18. The lowest BCUT2D eigenvalue weighted by atomic mass is 10.0. The zero-order chi connectivity index (χ0) is 17.3. The van der Waals surface area contributed by atoms with Gasteiger partial charge in [0.1, 0.15) is 5.00 Å². The zero-order valence-electron chi connectivity index (χ0n) is 14.1. The third-order valence-electron chi connectivity index (χ3n) is 4.66. The molecule has 126 valence electrons. The van der Waals surface area contributed by atoms with Gasteiger partial charge in [-0.3, -0.25) is 9.59 Å². The van der Waals surface area contributed by atoms with Gasteiger partial charge in [-0.05, 0) is 68.4 Å². The molecule has 1 aromatic heterocycles. The number of carbonyl (C=O) groups excluding carboxylic acids is 2. The van der Waals surface area contributed by atoms with Crippen molar-refractivity contribution >= 4 is 28.2 Å². The molecule has 0 spiro atoms. The first-order valence-corrected chi connectivity index (χ1v) is 9.12. The van der Waals surface area contributed by atoms with Crippen LogP contribution in [0.1, 0.15) is 61.5 Å². The van der Waals surface area contributed by atoms with E-state index in [1.165, 1.54) is 22.6 Å². The molecule has 2 amide bonds. The first-order valence-electron chi connectivity index (χ1n) is 8.30. The molecule has 0 saturated heterocycles. The standard InChI is InChI=1S/C19H22N2O2S/c1-11-8-9-13(10-12(11)2)18(23)21-19-16(17(20)22)14-6-4-3-5-7-15(14)24-19/h8-10H,3-7H2,1-2H3,(H2,20,22)(H,21,23). The van der Waals surface area contributed by atoms with Crippen LogP contribution in [0.25, 0.3) is 0 Å². The van der Waals surface area contributed by atoms with Crippen LogP contribution in [0.2, 0.25) is 0 Å². The topological polar surface area (TPSA) is 72.2 Å². The number of fused-ring (bicyclic) bond motifs is 1. The molecule has 1 heterocycles. The molecule has 0 radical (unpaired) electrons. The van der Waals surface area contributed by atoms with E-state index < -0.39 is 5.91 Å². The highest BCUT2D eigenvalue weighted by atomic mass is 32.1. The van der Waals surface area contributed by atoms with Crippen molar-refractivity contribution in [3.05, 3.63) is 50.9 Å². The van der Waals surface area contributed by atoms with Crippen LogP contribution in [0.5, 0.6) is 0 Å². The van der Waals surface area contributed by atoms with Crippen LogP contribution in [0, 0.1) is 13.8 Å². The third kappa shape index (κ3) is 3.22. The maximum absolute atomic E-state index is 12.6. The Morgan fingerprint density at radius 2 is 1.83 bits per heavy atom. The summed E-state index contributed by atoms with van der Waals surface area (Å²) >= 11 is 1.50. The Hall–Kier alpha value is -2.14. The summed E-state index contributed by atoms with van der Waals surface area (Å²) in [6.45, 7) is 3.99. The Morgan fingerprint density at radius 1 is 1.08 bits per heavy atom. The molecule has 1 aromatic carbocycles. The number of rotatable bonds is 3. The molecule has 3 N–H and O–H groups in total. The van der Waals surface area contributed by atoms with Crippen LogP contribution in [-0.4, -0.2) is 11.8 Å². The normalized spacial score (nSPS) is 13.9. The van der Waals surface area contributed by atoms with E-state index in [1.807, 2.05) is 26.0 Å². The fourth-order valence-corrected chi connectivity index (χ4v) is 4.44. The number of benzene rings is 1. The molecule has 5 heteroatoms. The third-order valence-corrected chi connectivity index (χ3v) is 5.87. The second kappa shape index (κ2) is 6.77. The highest BCUT2D eigenvalue weighted by molar-refractivity contribution is 7.17. The van der Waals surface area contributed by atoms with Crippen LogP contribution in [0.15, 0.2) is 18.2 Å². The monoisotopic (exact) mass is 342 g/mol. The van der Waals surface area contributed by atoms with Gasteiger partial charge < -0.3 is 11.1 Å². The number of thiophene rings is 1. The quantitative estimate of drug-likeness (QED) is 0.828. The van der Waals surface area contributed by atoms with Gasteiger partial charge in [-0.25, -0.2) is 0 Å². The van der Waals surface area contributed by atoms with Crippen LogP contribution < -0.4 is 11.1 Å². The van der Waals surface area contributed by atoms with Crippen molar-refractivity contribution in [2.45, 2.75) is 46.0 Å². The molecule has 24 heavy (non-hydrogen) atoms. The number of primary amides is 1. The van der Waals surface area contributed by atoms with Gasteiger partial charge in [0.25, 0.3) is 11.8 Å². The maximum atomic E-state index is 12.6. The SMILES string of the molecule is Cc1ccc(C(=O)Nc2sc3c(c2C(N)=O)CCCCC3)cc1C. The minimum atomic E-state index is -0.454. The molecule has 4 nitrogen and oxygen atoms in total. The van der Waals surface area contributed by atoms with Crippen molar-refractivity contribution in [2.24, 2.45) is 5.73 Å². The van der Waals surface area contributed by atoms with Gasteiger partial charge in [-0.1, -0.05) is 12.5 Å². The predicted octanol–water partition coefficient (Wildman–Crippen LogP) is 3.99. The Kier molecular flexibility index (Phi) is 4.71. The van der Waals surface area contributed by atoms with Crippen molar-refractivity contribution in [1.82, 2.24) is 0 Å². The number of anilines is 1. The molecular weight excluding hydrogens is 320 g/mol. The summed E-state index contributed by atoms with van der Waals surface area (Å²) < 4.78 is 0. The van der Waals surface area contributed by atoms with E-state index in [0.29, 0.717) is 16.1 Å². The zero-order valence-corrected chi connectivity index (χ0v) is 14.9. The minimum absolute atomic E-state index is 0.197. The lowest BCUT2D eigenvalue weighted by Gasteiger charge is -2.08. The number of hydrogen-bond acceptors (Lipinski definition) is 3. The van der Waals surface area contributed by atoms with Crippen LogP contribution in [0.4, 0.5) is 5.00 Å². The smallest absolute Gasteiger partial charge is 0.256 e. The number of amides is 2. The minimum Gasteiger partial charge on any atom is -0.365 e. The lowest BCUT2D eigenvalue weighted by molar-refractivity contribution is 0.100. The second-order valence-electron chi connectivity index (χ2n) is 6.39. The Morgan fingerprint density at radius 3 is 2.54 bits per heavy atom. The molecule has 0 bridgehead atoms. The van der Waals surface area contributed by atoms with Crippen molar-refractivity contribution in [2.75, 3.05) is 5.32 Å². The van der Waals surface area contributed by atoms with Crippen molar-refractivity contribution in [3.63, 3.8) is 0 Å². The van der Waals surface area contributed by atoms with Gasteiger partial charge in [0.15, 0.2) is 0 Å². The summed E-state index contributed by atoms with van der Waals surface area (Å²) in [7, 11) is 0. The van der Waals surface area contributed by atoms with Crippen LogP contribution >= 0.6 is 11.3 Å². The molecule has 0 fully saturated rings. The van der Waals surface area contributed by atoms with Crippen molar-refractivity contribution in [1.29, 1.82) is 0 Å². The molecule has 0 unspecified atom stereocenters. The van der Waals surface area contributed by atoms with Crippen molar-refractivity contribution < 1.29 is 9.59 Å². The Bertz CT molecular complexity index is 808. The maximum Gasteiger partial charge on any atom is 0.256 e. The van der Waals surface area contributed by atoms with E-state index in [4.69, 9.17) is 5.73 Å². The summed E-state index contributed by atoms with van der Waals surface area (Å²) in [6, 6.07) is 5.61. The molecule has 0 atom stereocenters. The number of aryl methyl sites for hydroxylation is 3. The summed E-state index contributed by atoms with van der Waals surface area (Å²) in [5.74, 6) is -0.651. The van der Waals surface area contributed by atoms with Gasteiger partial charge in [0.05, 0.1) is 5.56 Å². The summed E-state index contributed by atoms with van der Waals surface area (Å²) in [4.78, 5) is 25.7. The van der Waals surface area contributed by atoms with Gasteiger partial charge in [-0.2, -0.15) is 0 Å². The molecule has 2 aromatic rings. The summed E-state index contributed by atoms with van der Waals surface area (Å²) in [5, 5.41) is 3.51. The van der Waals surface area contributed by atoms with Gasteiger partial charge in [0.2, 0.25) is 0 Å². The molecule has 0 aliphatic heterocycles. The molecule has 0 saturated carbocycles. The first-order chi connectivity index (χ1) is 11.5.